The summed E-state index contributed by atoms with van der Waals surface area (Å²) >= 11 is 0. The predicted octanol–water partition coefficient (Wildman–Crippen LogP) is 2.07. The SMILES string of the molecule is O=C1COC=C(CC2=CC=CCC2)O1. The molecule has 0 atom stereocenters. The molecule has 1 heterocycles. The number of hydrogen-bond acceptors (Lipinski definition) is 3. The van der Waals surface area contributed by atoms with E-state index in [1.54, 1.807) is 0 Å². The molecule has 0 saturated heterocycles. The summed E-state index contributed by atoms with van der Waals surface area (Å²) in [7, 11) is 0. The molecule has 3 heteroatoms. The van der Waals surface area contributed by atoms with Gasteiger partial charge in [0.15, 0.2) is 6.61 Å². The molecule has 0 saturated carbocycles. The van der Waals surface area contributed by atoms with Crippen LogP contribution in [-0.4, -0.2) is 12.6 Å². The number of carbonyl (C=O) groups is 1. The average molecular weight is 192 g/mol. The van der Waals surface area contributed by atoms with Gasteiger partial charge in [-0.2, -0.15) is 0 Å². The third kappa shape index (κ3) is 2.25. The molecule has 74 valence electrons. The molecule has 14 heavy (non-hydrogen) atoms. The average Bonchev–Trinajstić information content (AvgIpc) is 2.19. The molecule has 1 aliphatic heterocycles. The second kappa shape index (κ2) is 4.13. The van der Waals surface area contributed by atoms with Gasteiger partial charge in [0.25, 0.3) is 0 Å². The van der Waals surface area contributed by atoms with E-state index < -0.39 is 0 Å². The van der Waals surface area contributed by atoms with Gasteiger partial charge < -0.3 is 9.47 Å². The fourth-order valence-electron chi connectivity index (χ4n) is 1.50. The first-order chi connectivity index (χ1) is 6.84. The molecule has 3 nitrogen and oxygen atoms in total. The molecule has 0 spiro atoms. The summed E-state index contributed by atoms with van der Waals surface area (Å²) in [6, 6.07) is 0. The highest BCUT2D eigenvalue weighted by Crippen LogP contribution is 2.21. The van der Waals surface area contributed by atoms with Crippen molar-refractivity contribution in [2.75, 3.05) is 6.61 Å². The van der Waals surface area contributed by atoms with E-state index in [1.807, 2.05) is 6.08 Å². The fraction of sp³-hybridized carbons (Fsp3) is 0.364. The largest absolute Gasteiger partial charge is 0.486 e. The number of allylic oxidation sites excluding steroid dienone is 4. The number of hydrogen-bond donors (Lipinski definition) is 0. The van der Waals surface area contributed by atoms with Gasteiger partial charge in [0.2, 0.25) is 0 Å². The molecule has 2 aliphatic rings. The minimum Gasteiger partial charge on any atom is -0.486 e. The Kier molecular flexibility index (Phi) is 2.68. The van der Waals surface area contributed by atoms with Crippen molar-refractivity contribution in [3.8, 4) is 0 Å². The summed E-state index contributed by atoms with van der Waals surface area (Å²) in [5.74, 6) is 0.303. The van der Waals surface area contributed by atoms with Crippen molar-refractivity contribution >= 4 is 5.97 Å². The van der Waals surface area contributed by atoms with Crippen molar-refractivity contribution < 1.29 is 14.3 Å². The highest BCUT2D eigenvalue weighted by Gasteiger charge is 2.14. The Balaban J connectivity index is 1.96. The molecule has 0 aromatic carbocycles. The maximum atomic E-state index is 10.9. The highest BCUT2D eigenvalue weighted by atomic mass is 16.6. The zero-order valence-corrected chi connectivity index (χ0v) is 7.86. The predicted molar refractivity (Wildman–Crippen MR) is 51.2 cm³/mol. The zero-order chi connectivity index (χ0) is 9.80. The molecule has 0 fully saturated rings. The van der Waals surface area contributed by atoms with Crippen LogP contribution >= 0.6 is 0 Å². The van der Waals surface area contributed by atoms with E-state index >= 15 is 0 Å². The lowest BCUT2D eigenvalue weighted by Gasteiger charge is -2.15. The normalized spacial score (nSPS) is 20.7. The van der Waals surface area contributed by atoms with Crippen LogP contribution in [-0.2, 0) is 14.3 Å². The van der Waals surface area contributed by atoms with Gasteiger partial charge in [0.1, 0.15) is 12.0 Å². The molecule has 0 amide bonds. The summed E-state index contributed by atoms with van der Waals surface area (Å²) in [6.07, 6.45) is 10.5. The van der Waals surface area contributed by atoms with E-state index in [-0.39, 0.29) is 12.6 Å². The summed E-state index contributed by atoms with van der Waals surface area (Å²) in [5, 5.41) is 0. The maximum Gasteiger partial charge on any atom is 0.349 e. The van der Waals surface area contributed by atoms with Crippen LogP contribution < -0.4 is 0 Å². The molecule has 1 aliphatic carbocycles. The van der Waals surface area contributed by atoms with E-state index in [9.17, 15) is 4.79 Å². The third-order valence-electron chi connectivity index (χ3n) is 2.16. The van der Waals surface area contributed by atoms with Crippen LogP contribution in [0.4, 0.5) is 0 Å². The number of carbonyl (C=O) groups excluding carboxylic acids is 1. The Morgan fingerprint density at radius 2 is 2.36 bits per heavy atom. The molecule has 2 rings (SSSR count). The molecule has 0 aromatic rings. The van der Waals surface area contributed by atoms with Crippen LogP contribution in [0.15, 0.2) is 35.8 Å². The summed E-state index contributed by atoms with van der Waals surface area (Å²) in [6.45, 7) is 0.0302. The Morgan fingerprint density at radius 1 is 1.43 bits per heavy atom. The van der Waals surface area contributed by atoms with E-state index in [2.05, 4.69) is 12.2 Å². The summed E-state index contributed by atoms with van der Waals surface area (Å²) in [4.78, 5) is 10.9. The second-order valence-corrected chi connectivity index (χ2v) is 3.34. The molecule has 0 bridgehead atoms. The maximum absolute atomic E-state index is 10.9. The van der Waals surface area contributed by atoms with Gasteiger partial charge >= 0.3 is 5.97 Å². The quantitative estimate of drug-likeness (QED) is 0.628. The van der Waals surface area contributed by atoms with Gasteiger partial charge in [-0.05, 0) is 12.8 Å². The van der Waals surface area contributed by atoms with Gasteiger partial charge in [-0.3, -0.25) is 0 Å². The van der Waals surface area contributed by atoms with Crippen molar-refractivity contribution in [2.45, 2.75) is 19.3 Å². The molecule has 0 N–H and O–H groups in total. The van der Waals surface area contributed by atoms with Gasteiger partial charge in [0.05, 0.1) is 0 Å². The lowest BCUT2D eigenvalue weighted by atomic mass is 10.0. The topological polar surface area (TPSA) is 35.5 Å². The standard InChI is InChI=1S/C11H12O3/c12-11-8-13-7-10(14-11)6-9-4-2-1-3-5-9/h1-2,4,7H,3,5-6,8H2. The van der Waals surface area contributed by atoms with Crippen molar-refractivity contribution in [3.05, 3.63) is 35.8 Å². The summed E-state index contributed by atoms with van der Waals surface area (Å²) < 4.78 is 9.98. The van der Waals surface area contributed by atoms with Crippen molar-refractivity contribution in [1.82, 2.24) is 0 Å². The van der Waals surface area contributed by atoms with Crippen molar-refractivity contribution in [1.29, 1.82) is 0 Å². The molecule has 0 radical (unpaired) electrons. The lowest BCUT2D eigenvalue weighted by Crippen LogP contribution is -2.16. The van der Waals surface area contributed by atoms with Crippen LogP contribution in [0.1, 0.15) is 19.3 Å². The van der Waals surface area contributed by atoms with Crippen LogP contribution in [0, 0.1) is 0 Å². The number of esters is 1. The van der Waals surface area contributed by atoms with Crippen LogP contribution in [0.2, 0.25) is 0 Å². The van der Waals surface area contributed by atoms with Crippen molar-refractivity contribution in [2.24, 2.45) is 0 Å². The monoisotopic (exact) mass is 192 g/mol. The molecular weight excluding hydrogens is 180 g/mol. The number of cyclic esters (lactones) is 1. The molecule has 0 aromatic heterocycles. The Morgan fingerprint density at radius 3 is 3.07 bits per heavy atom. The Hall–Kier alpha value is -1.51. The molecule has 0 unspecified atom stereocenters. The Bertz CT molecular complexity index is 323. The fourth-order valence-corrected chi connectivity index (χ4v) is 1.50. The van der Waals surface area contributed by atoms with E-state index in [0.717, 1.165) is 12.8 Å². The summed E-state index contributed by atoms with van der Waals surface area (Å²) in [5.41, 5.74) is 1.28. The first kappa shape index (κ1) is 9.06. The van der Waals surface area contributed by atoms with E-state index in [4.69, 9.17) is 9.47 Å². The Labute approximate surface area is 82.7 Å². The number of ether oxygens (including phenoxy) is 2. The second-order valence-electron chi connectivity index (χ2n) is 3.34. The van der Waals surface area contributed by atoms with Gasteiger partial charge in [-0.25, -0.2) is 4.79 Å². The minimum absolute atomic E-state index is 0.0302. The van der Waals surface area contributed by atoms with Crippen molar-refractivity contribution in [3.63, 3.8) is 0 Å². The highest BCUT2D eigenvalue weighted by molar-refractivity contribution is 5.72. The van der Waals surface area contributed by atoms with Crippen LogP contribution in [0.3, 0.4) is 0 Å². The minimum atomic E-state index is -0.311. The van der Waals surface area contributed by atoms with Crippen LogP contribution in [0.25, 0.3) is 0 Å². The van der Waals surface area contributed by atoms with Gasteiger partial charge in [0, 0.05) is 6.42 Å². The molecular formula is C11H12O3. The van der Waals surface area contributed by atoms with E-state index in [0.29, 0.717) is 12.2 Å². The first-order valence-corrected chi connectivity index (χ1v) is 4.70. The van der Waals surface area contributed by atoms with Crippen LogP contribution in [0.5, 0.6) is 0 Å². The van der Waals surface area contributed by atoms with Gasteiger partial charge in [-0.1, -0.05) is 23.8 Å². The zero-order valence-electron chi connectivity index (χ0n) is 7.86. The van der Waals surface area contributed by atoms with E-state index in [1.165, 1.54) is 11.8 Å². The lowest BCUT2D eigenvalue weighted by molar-refractivity contribution is -0.146. The third-order valence-corrected chi connectivity index (χ3v) is 2.16. The van der Waals surface area contributed by atoms with Gasteiger partial charge in [-0.15, -0.1) is 0 Å². The smallest absolute Gasteiger partial charge is 0.349 e. The number of rotatable bonds is 2. The first-order valence-electron chi connectivity index (χ1n) is 4.70.